The molecule has 0 atom stereocenters. The molecule has 1 amide bonds. The Morgan fingerprint density at radius 1 is 0.966 bits per heavy atom. The second-order valence-electron chi connectivity index (χ2n) is 5.96. The van der Waals surface area contributed by atoms with E-state index in [2.05, 4.69) is 9.71 Å². The molecule has 0 bridgehead atoms. The number of hydrogen-bond donors (Lipinski definition) is 2. The van der Waals surface area contributed by atoms with Crippen molar-refractivity contribution < 1.29 is 22.7 Å². The maximum atomic E-state index is 12.4. The van der Waals surface area contributed by atoms with Gasteiger partial charge in [-0.3, -0.25) is 0 Å². The summed E-state index contributed by atoms with van der Waals surface area (Å²) in [6, 6.07) is 18.6. The van der Waals surface area contributed by atoms with Gasteiger partial charge in [0.05, 0.1) is 6.20 Å². The first kappa shape index (κ1) is 20.3. The van der Waals surface area contributed by atoms with Crippen molar-refractivity contribution in [1.82, 2.24) is 9.71 Å². The summed E-state index contributed by atoms with van der Waals surface area (Å²) < 4.78 is 37.6. The number of carbonyl (C=O) groups excluding carboxylic acids is 1. The Morgan fingerprint density at radius 3 is 2.31 bits per heavy atom. The van der Waals surface area contributed by atoms with Crippen LogP contribution < -0.4 is 19.9 Å². The summed E-state index contributed by atoms with van der Waals surface area (Å²) in [5.41, 5.74) is 5.81. The van der Waals surface area contributed by atoms with Crippen molar-refractivity contribution in [2.75, 3.05) is 6.54 Å². The zero-order valence-electron chi connectivity index (χ0n) is 15.3. The molecule has 3 N–H and O–H groups in total. The monoisotopic (exact) mass is 413 g/mol. The van der Waals surface area contributed by atoms with Gasteiger partial charge >= 0.3 is 6.09 Å². The summed E-state index contributed by atoms with van der Waals surface area (Å²) in [5, 5.41) is 0. The van der Waals surface area contributed by atoms with Crippen molar-refractivity contribution in [3.05, 3.63) is 78.5 Å². The molecule has 9 heteroatoms. The van der Waals surface area contributed by atoms with Crippen LogP contribution in [0.1, 0.15) is 5.56 Å². The van der Waals surface area contributed by atoms with Gasteiger partial charge in [0, 0.05) is 12.6 Å². The van der Waals surface area contributed by atoms with Crippen molar-refractivity contribution in [3.8, 4) is 17.4 Å². The lowest BCUT2D eigenvalue weighted by Gasteiger charge is -2.08. The highest BCUT2D eigenvalue weighted by atomic mass is 32.2. The van der Waals surface area contributed by atoms with Crippen molar-refractivity contribution in [2.24, 2.45) is 5.73 Å². The number of amides is 1. The van der Waals surface area contributed by atoms with E-state index in [1.54, 1.807) is 36.4 Å². The zero-order valence-corrected chi connectivity index (χ0v) is 16.1. The molecule has 0 aliphatic heterocycles. The van der Waals surface area contributed by atoms with Crippen LogP contribution in [0.25, 0.3) is 0 Å². The van der Waals surface area contributed by atoms with Crippen molar-refractivity contribution >= 4 is 16.1 Å². The van der Waals surface area contributed by atoms with E-state index in [1.165, 1.54) is 18.3 Å². The lowest BCUT2D eigenvalue weighted by atomic mass is 10.1. The molecule has 29 heavy (non-hydrogen) atoms. The number of para-hydroxylation sites is 1. The van der Waals surface area contributed by atoms with Gasteiger partial charge < -0.3 is 15.2 Å². The molecule has 0 saturated carbocycles. The van der Waals surface area contributed by atoms with Crippen LogP contribution in [0, 0.1) is 0 Å². The number of nitrogens with one attached hydrogen (secondary N) is 1. The van der Waals surface area contributed by atoms with Gasteiger partial charge in [-0.15, -0.1) is 0 Å². The molecule has 3 rings (SSSR count). The summed E-state index contributed by atoms with van der Waals surface area (Å²) in [5.74, 6) is 1.24. The molecule has 3 aromatic rings. The summed E-state index contributed by atoms with van der Waals surface area (Å²) in [4.78, 5) is 14.8. The van der Waals surface area contributed by atoms with Crippen LogP contribution in [0.2, 0.25) is 0 Å². The molecule has 0 radical (unpaired) electrons. The SMILES string of the molecule is NC(=O)Oc1ccc(CCNS(=O)(=O)c2ccc(Oc3ccccc3)nc2)cc1. The summed E-state index contributed by atoms with van der Waals surface area (Å²) in [6.07, 6.45) is 0.814. The fourth-order valence-corrected chi connectivity index (χ4v) is 3.42. The number of pyridine rings is 1. The first-order valence-corrected chi connectivity index (χ1v) is 10.2. The number of rotatable bonds is 8. The molecule has 0 spiro atoms. The fourth-order valence-electron chi connectivity index (χ4n) is 2.45. The molecular weight excluding hydrogens is 394 g/mol. The van der Waals surface area contributed by atoms with Crippen molar-refractivity contribution in [3.63, 3.8) is 0 Å². The number of carbonyl (C=O) groups is 1. The Kier molecular flexibility index (Phi) is 6.43. The van der Waals surface area contributed by atoms with Crippen molar-refractivity contribution in [1.29, 1.82) is 0 Å². The lowest BCUT2D eigenvalue weighted by Crippen LogP contribution is -2.26. The average molecular weight is 413 g/mol. The Morgan fingerprint density at radius 2 is 1.69 bits per heavy atom. The molecule has 150 valence electrons. The minimum atomic E-state index is -3.70. The van der Waals surface area contributed by atoms with Crippen LogP contribution in [0.4, 0.5) is 4.79 Å². The minimum Gasteiger partial charge on any atom is -0.439 e. The first-order chi connectivity index (χ1) is 13.9. The number of nitrogens with two attached hydrogens (primary N) is 1. The van der Waals surface area contributed by atoms with Gasteiger partial charge in [0.1, 0.15) is 16.4 Å². The maximum absolute atomic E-state index is 12.4. The number of ether oxygens (including phenoxy) is 2. The van der Waals surface area contributed by atoms with E-state index in [9.17, 15) is 13.2 Å². The molecule has 8 nitrogen and oxygen atoms in total. The summed E-state index contributed by atoms with van der Waals surface area (Å²) >= 11 is 0. The van der Waals surface area contributed by atoms with Crippen LogP contribution in [-0.4, -0.2) is 26.0 Å². The van der Waals surface area contributed by atoms with E-state index in [4.69, 9.17) is 15.2 Å². The number of nitrogens with zero attached hydrogens (tertiary/aromatic N) is 1. The highest BCUT2D eigenvalue weighted by Crippen LogP contribution is 2.20. The third-order valence-electron chi connectivity index (χ3n) is 3.83. The minimum absolute atomic E-state index is 0.0446. The summed E-state index contributed by atoms with van der Waals surface area (Å²) in [7, 11) is -3.70. The molecule has 2 aromatic carbocycles. The van der Waals surface area contributed by atoms with E-state index in [0.717, 1.165) is 5.56 Å². The third kappa shape index (κ3) is 6.03. The maximum Gasteiger partial charge on any atom is 0.409 e. The van der Waals surface area contributed by atoms with Gasteiger partial charge in [-0.05, 0) is 42.3 Å². The van der Waals surface area contributed by atoms with Crippen LogP contribution in [0.15, 0.2) is 77.8 Å². The predicted molar refractivity (Wildman–Crippen MR) is 106 cm³/mol. The van der Waals surface area contributed by atoms with Gasteiger partial charge in [-0.2, -0.15) is 0 Å². The van der Waals surface area contributed by atoms with E-state index in [1.807, 2.05) is 18.2 Å². The predicted octanol–water partition coefficient (Wildman–Crippen LogP) is 2.85. The highest BCUT2D eigenvalue weighted by molar-refractivity contribution is 7.89. The Balaban J connectivity index is 1.54. The Labute approximate surface area is 168 Å². The largest absolute Gasteiger partial charge is 0.439 e. The molecule has 0 unspecified atom stereocenters. The summed E-state index contributed by atoms with van der Waals surface area (Å²) in [6.45, 7) is 0.195. The molecule has 0 saturated heterocycles. The normalized spacial score (nSPS) is 11.0. The van der Waals surface area contributed by atoms with E-state index < -0.39 is 16.1 Å². The Bertz CT molecular complexity index is 1050. The highest BCUT2D eigenvalue weighted by Gasteiger charge is 2.14. The standard InChI is InChI=1S/C20H19N3O5S/c21-20(24)28-17-8-6-15(7-9-17)12-13-23-29(25,26)18-10-11-19(22-14-18)27-16-4-2-1-3-5-16/h1-11,14,23H,12-13H2,(H2,21,24). The van der Waals surface area contributed by atoms with Gasteiger partial charge in [-0.1, -0.05) is 30.3 Å². The lowest BCUT2D eigenvalue weighted by molar-refractivity contribution is 0.211. The number of aromatic nitrogens is 1. The first-order valence-electron chi connectivity index (χ1n) is 8.67. The molecule has 1 heterocycles. The van der Waals surface area contributed by atoms with Gasteiger partial charge in [0.25, 0.3) is 0 Å². The van der Waals surface area contributed by atoms with E-state index in [-0.39, 0.29) is 11.4 Å². The third-order valence-corrected chi connectivity index (χ3v) is 5.28. The van der Waals surface area contributed by atoms with Crippen LogP contribution >= 0.6 is 0 Å². The smallest absolute Gasteiger partial charge is 0.409 e. The van der Waals surface area contributed by atoms with Crippen molar-refractivity contribution in [2.45, 2.75) is 11.3 Å². The number of primary amides is 1. The molecule has 1 aromatic heterocycles. The molecule has 0 fully saturated rings. The van der Waals surface area contributed by atoms with Crippen LogP contribution in [0.3, 0.4) is 0 Å². The van der Waals surface area contributed by atoms with Gasteiger partial charge in [-0.25, -0.2) is 22.9 Å². The van der Waals surface area contributed by atoms with Crippen LogP contribution in [0.5, 0.6) is 17.4 Å². The second kappa shape index (κ2) is 9.18. The number of sulfonamides is 1. The van der Waals surface area contributed by atoms with Gasteiger partial charge in [0.15, 0.2) is 0 Å². The number of benzene rings is 2. The second-order valence-corrected chi connectivity index (χ2v) is 7.73. The fraction of sp³-hybridized carbons (Fsp3) is 0.100. The van der Waals surface area contributed by atoms with Crippen LogP contribution in [-0.2, 0) is 16.4 Å². The Hall–Kier alpha value is -3.43. The molecular formula is C20H19N3O5S. The quantitative estimate of drug-likeness (QED) is 0.586. The van der Waals surface area contributed by atoms with E-state index in [0.29, 0.717) is 23.8 Å². The number of hydrogen-bond acceptors (Lipinski definition) is 6. The zero-order chi connectivity index (χ0) is 20.7. The topological polar surface area (TPSA) is 121 Å². The van der Waals surface area contributed by atoms with Gasteiger partial charge in [0.2, 0.25) is 15.9 Å². The average Bonchev–Trinajstić information content (AvgIpc) is 2.70. The van der Waals surface area contributed by atoms with E-state index >= 15 is 0 Å². The molecule has 0 aliphatic carbocycles. The molecule has 0 aliphatic rings.